The van der Waals surface area contributed by atoms with E-state index in [-0.39, 0.29) is 11.7 Å². The van der Waals surface area contributed by atoms with E-state index < -0.39 is 18.2 Å². The highest BCUT2D eigenvalue weighted by atomic mass is 19.1. The second-order valence-electron chi connectivity index (χ2n) is 9.97. The molecular formula is C27H32FN7O3. The van der Waals surface area contributed by atoms with Crippen molar-refractivity contribution >= 4 is 17.6 Å². The number of ether oxygens (including phenoxy) is 1. The molecule has 2 aliphatic heterocycles. The van der Waals surface area contributed by atoms with Crippen LogP contribution in [0.5, 0.6) is 0 Å². The number of amides is 3. The molecule has 2 saturated heterocycles. The van der Waals surface area contributed by atoms with Gasteiger partial charge < -0.3 is 20.3 Å². The standard InChI is InChI=1S/C27H32FN7O3/c1-34-25(31-32-33-34)20-6-2-7-22(16-20)29-27(37)30-23-8-4-14-38-24(23)26(36)35-13-3-5-19(17-35)15-18-9-11-21(28)12-10-18/h2,6-7,9-12,16,19,23-24H,3-5,8,13-15,17H2,1H3,(H2,29,30,37). The number of carbonyl (C=O) groups excluding carboxylic acids is 2. The molecule has 2 fully saturated rings. The van der Waals surface area contributed by atoms with Gasteiger partial charge in [-0.25, -0.2) is 13.9 Å². The first-order chi connectivity index (χ1) is 18.5. The molecule has 3 amide bonds. The molecule has 3 unspecified atom stereocenters. The van der Waals surface area contributed by atoms with E-state index in [4.69, 9.17) is 4.74 Å². The summed E-state index contributed by atoms with van der Waals surface area (Å²) in [6.07, 6.45) is 3.40. The second kappa shape index (κ2) is 11.7. The molecule has 3 heterocycles. The van der Waals surface area contributed by atoms with Gasteiger partial charge in [0.1, 0.15) is 5.82 Å². The number of aromatic nitrogens is 4. The molecule has 0 saturated carbocycles. The van der Waals surface area contributed by atoms with Crippen molar-refractivity contribution in [1.29, 1.82) is 0 Å². The summed E-state index contributed by atoms with van der Waals surface area (Å²) < 4.78 is 20.7. The lowest BCUT2D eigenvalue weighted by Gasteiger charge is -2.38. The van der Waals surface area contributed by atoms with Crippen LogP contribution < -0.4 is 10.6 Å². The summed E-state index contributed by atoms with van der Waals surface area (Å²) in [4.78, 5) is 28.3. The summed E-state index contributed by atoms with van der Waals surface area (Å²) in [5.74, 6) is 0.546. The van der Waals surface area contributed by atoms with Crippen molar-refractivity contribution in [3.63, 3.8) is 0 Å². The van der Waals surface area contributed by atoms with Gasteiger partial charge in [0.05, 0.1) is 6.04 Å². The van der Waals surface area contributed by atoms with Crippen LogP contribution in [0.25, 0.3) is 11.4 Å². The fourth-order valence-electron chi connectivity index (χ4n) is 5.28. The van der Waals surface area contributed by atoms with Gasteiger partial charge in [-0.05, 0) is 78.3 Å². The number of halogens is 1. The van der Waals surface area contributed by atoms with E-state index in [1.54, 1.807) is 36.0 Å². The zero-order valence-electron chi connectivity index (χ0n) is 21.3. The first-order valence-corrected chi connectivity index (χ1v) is 13.0. The zero-order valence-corrected chi connectivity index (χ0v) is 21.3. The molecule has 1 aromatic heterocycles. The summed E-state index contributed by atoms with van der Waals surface area (Å²) in [5.41, 5.74) is 2.42. The Bertz CT molecular complexity index is 1270. The maximum absolute atomic E-state index is 13.5. The van der Waals surface area contributed by atoms with Crippen molar-refractivity contribution in [1.82, 2.24) is 30.4 Å². The number of benzene rings is 2. The van der Waals surface area contributed by atoms with E-state index in [9.17, 15) is 14.0 Å². The highest BCUT2D eigenvalue weighted by Crippen LogP contribution is 2.25. The minimum atomic E-state index is -0.727. The quantitative estimate of drug-likeness (QED) is 0.515. The van der Waals surface area contributed by atoms with Crippen LogP contribution in [-0.2, 0) is 23.0 Å². The summed E-state index contributed by atoms with van der Waals surface area (Å²) in [6.45, 7) is 1.77. The number of piperidine rings is 1. The van der Waals surface area contributed by atoms with E-state index in [0.717, 1.165) is 36.8 Å². The minimum absolute atomic E-state index is 0.0874. The number of hydrogen-bond acceptors (Lipinski definition) is 6. The molecule has 0 bridgehead atoms. The molecule has 2 N–H and O–H groups in total. The Morgan fingerprint density at radius 1 is 1.13 bits per heavy atom. The van der Waals surface area contributed by atoms with Crippen molar-refractivity contribution in [3.05, 3.63) is 59.9 Å². The minimum Gasteiger partial charge on any atom is -0.366 e. The topological polar surface area (TPSA) is 114 Å². The van der Waals surface area contributed by atoms with Gasteiger partial charge in [0.25, 0.3) is 5.91 Å². The lowest BCUT2D eigenvalue weighted by Crippen LogP contribution is -2.56. The smallest absolute Gasteiger partial charge is 0.319 e. The highest BCUT2D eigenvalue weighted by Gasteiger charge is 2.37. The number of nitrogens with zero attached hydrogens (tertiary/aromatic N) is 5. The average Bonchev–Trinajstić information content (AvgIpc) is 3.36. The van der Waals surface area contributed by atoms with Crippen LogP contribution in [0, 0.1) is 11.7 Å². The molecule has 38 heavy (non-hydrogen) atoms. The van der Waals surface area contributed by atoms with Gasteiger partial charge in [-0.1, -0.05) is 24.3 Å². The number of anilines is 1. The molecule has 5 rings (SSSR count). The number of likely N-dealkylation sites (tertiary alicyclic amines) is 1. The molecule has 200 valence electrons. The van der Waals surface area contributed by atoms with Crippen molar-refractivity contribution < 1.29 is 18.7 Å². The number of hydrogen-bond donors (Lipinski definition) is 2. The van der Waals surface area contributed by atoms with E-state index in [1.165, 1.54) is 12.1 Å². The van der Waals surface area contributed by atoms with Gasteiger partial charge in [0.2, 0.25) is 0 Å². The van der Waals surface area contributed by atoms with E-state index in [1.807, 2.05) is 17.0 Å². The monoisotopic (exact) mass is 521 g/mol. The average molecular weight is 522 g/mol. The van der Waals surface area contributed by atoms with Crippen LogP contribution >= 0.6 is 0 Å². The van der Waals surface area contributed by atoms with Gasteiger partial charge in [-0.3, -0.25) is 4.79 Å². The number of urea groups is 1. The predicted octanol–water partition coefficient (Wildman–Crippen LogP) is 3.17. The molecule has 3 aromatic rings. The van der Waals surface area contributed by atoms with Gasteiger partial charge in [-0.15, -0.1) is 5.10 Å². The van der Waals surface area contributed by atoms with Gasteiger partial charge in [-0.2, -0.15) is 0 Å². The Balaban J connectivity index is 1.19. The largest absolute Gasteiger partial charge is 0.366 e. The van der Waals surface area contributed by atoms with Gasteiger partial charge in [0, 0.05) is 38.0 Å². The maximum Gasteiger partial charge on any atom is 0.319 e. The maximum atomic E-state index is 13.5. The van der Waals surface area contributed by atoms with Crippen LogP contribution in [-0.4, -0.2) is 68.9 Å². The first-order valence-electron chi connectivity index (χ1n) is 13.0. The molecule has 0 aliphatic carbocycles. The normalized spacial score (nSPS) is 21.6. The van der Waals surface area contributed by atoms with Crippen LogP contribution in [0.3, 0.4) is 0 Å². The molecular weight excluding hydrogens is 489 g/mol. The fraction of sp³-hybridized carbons (Fsp3) is 0.444. The lowest BCUT2D eigenvalue weighted by molar-refractivity contribution is -0.150. The lowest BCUT2D eigenvalue weighted by atomic mass is 9.90. The van der Waals surface area contributed by atoms with Crippen LogP contribution in [0.2, 0.25) is 0 Å². The number of rotatable bonds is 6. The summed E-state index contributed by atoms with van der Waals surface area (Å²) in [5, 5.41) is 17.3. The number of aryl methyl sites for hydroxylation is 1. The van der Waals surface area contributed by atoms with Crippen LogP contribution in [0.15, 0.2) is 48.5 Å². The number of tetrazole rings is 1. The zero-order chi connectivity index (χ0) is 26.5. The molecule has 3 atom stereocenters. The third-order valence-electron chi connectivity index (χ3n) is 7.15. The molecule has 10 nitrogen and oxygen atoms in total. The molecule has 11 heteroatoms. The number of nitrogens with one attached hydrogen (secondary N) is 2. The Labute approximate surface area is 220 Å². The second-order valence-corrected chi connectivity index (χ2v) is 9.97. The summed E-state index contributed by atoms with van der Waals surface area (Å²) in [7, 11) is 1.75. The summed E-state index contributed by atoms with van der Waals surface area (Å²) >= 11 is 0. The third-order valence-corrected chi connectivity index (χ3v) is 7.15. The summed E-state index contributed by atoms with van der Waals surface area (Å²) in [6, 6.07) is 13.0. The molecule has 0 radical (unpaired) electrons. The molecule has 2 aliphatic rings. The third kappa shape index (κ3) is 6.16. The predicted molar refractivity (Wildman–Crippen MR) is 139 cm³/mol. The van der Waals surface area contributed by atoms with Crippen molar-refractivity contribution in [3.8, 4) is 11.4 Å². The Hall–Kier alpha value is -3.86. The number of carbonyl (C=O) groups is 2. The Morgan fingerprint density at radius 3 is 2.76 bits per heavy atom. The van der Waals surface area contributed by atoms with Crippen molar-refractivity contribution in [2.45, 2.75) is 44.2 Å². The van der Waals surface area contributed by atoms with Gasteiger partial charge in [0.15, 0.2) is 11.9 Å². The molecule has 2 aromatic carbocycles. The van der Waals surface area contributed by atoms with E-state index >= 15 is 0 Å². The molecule has 0 spiro atoms. The van der Waals surface area contributed by atoms with Crippen molar-refractivity contribution in [2.24, 2.45) is 13.0 Å². The fourth-order valence-corrected chi connectivity index (χ4v) is 5.28. The van der Waals surface area contributed by atoms with Crippen molar-refractivity contribution in [2.75, 3.05) is 25.0 Å². The van der Waals surface area contributed by atoms with Gasteiger partial charge >= 0.3 is 6.03 Å². The van der Waals surface area contributed by atoms with E-state index in [0.29, 0.717) is 43.5 Å². The first kappa shape index (κ1) is 25.8. The van der Waals surface area contributed by atoms with Crippen LogP contribution in [0.4, 0.5) is 14.9 Å². The Kier molecular flexibility index (Phi) is 7.92. The van der Waals surface area contributed by atoms with Crippen LogP contribution in [0.1, 0.15) is 31.2 Å². The highest BCUT2D eigenvalue weighted by molar-refractivity contribution is 5.91. The Morgan fingerprint density at radius 2 is 1.97 bits per heavy atom. The van der Waals surface area contributed by atoms with E-state index in [2.05, 4.69) is 26.2 Å². The SMILES string of the molecule is Cn1nnnc1-c1cccc(NC(=O)NC2CCCOC2C(=O)N2CCCC(Cc3ccc(F)cc3)C2)c1.